The van der Waals surface area contributed by atoms with Gasteiger partial charge in [0.1, 0.15) is 11.5 Å². The molecule has 13 nitrogen and oxygen atoms in total. The summed E-state index contributed by atoms with van der Waals surface area (Å²) in [6, 6.07) is 24.3. The number of carboxylic acid groups (broad SMARTS) is 1. The first-order valence-electron chi connectivity index (χ1n) is 19.2. The summed E-state index contributed by atoms with van der Waals surface area (Å²) in [6.07, 6.45) is 2.22. The number of rotatable bonds is 13. The standard InChI is InChI=1S/C43H46N4O9S/c48-34-11-9-32(33-10-14-38(50)45-39(33)34)35(49)25-44-24-27-15-19-46(20-16-27)40(51)36-12-13-37(57-36)41(52)47-21-17-28(18-22-47)26-56-31-8-4-7-30(23-31)43(55,42(53)54)29-5-2-1-3-6-29/h1-14,23,27-28,35,44,48-49,55H,15-22,24-26H2,(H,45,50)(H,53,54)/t35-,43-/m0/s1. The van der Waals surface area contributed by atoms with Crippen LogP contribution in [0, 0.1) is 11.8 Å². The van der Waals surface area contributed by atoms with Gasteiger partial charge in [0, 0.05) is 49.7 Å². The number of nitrogens with one attached hydrogen (secondary N) is 2. The first kappa shape index (κ1) is 39.7. The van der Waals surface area contributed by atoms with Gasteiger partial charge in [-0.05, 0) is 91.6 Å². The highest BCUT2D eigenvalue weighted by atomic mass is 32.1. The zero-order chi connectivity index (χ0) is 40.1. The number of aromatic amines is 1. The maximum Gasteiger partial charge on any atom is 0.345 e. The van der Waals surface area contributed by atoms with E-state index in [0.717, 1.165) is 25.7 Å². The lowest BCUT2D eigenvalue weighted by Crippen LogP contribution is -2.41. The van der Waals surface area contributed by atoms with Crippen LogP contribution in [0.1, 0.15) is 67.8 Å². The largest absolute Gasteiger partial charge is 0.506 e. The molecule has 0 unspecified atom stereocenters. The van der Waals surface area contributed by atoms with Gasteiger partial charge in [-0.15, -0.1) is 11.3 Å². The van der Waals surface area contributed by atoms with E-state index in [-0.39, 0.29) is 40.2 Å². The molecule has 2 saturated heterocycles. The highest BCUT2D eigenvalue weighted by Crippen LogP contribution is 2.33. The lowest BCUT2D eigenvalue weighted by molar-refractivity contribution is -0.155. The van der Waals surface area contributed by atoms with E-state index < -0.39 is 17.7 Å². The number of aromatic hydroxyl groups is 1. The van der Waals surface area contributed by atoms with Gasteiger partial charge >= 0.3 is 5.97 Å². The van der Waals surface area contributed by atoms with Crippen molar-refractivity contribution in [2.75, 3.05) is 45.9 Å². The maximum atomic E-state index is 13.4. The number of pyridine rings is 1. The quantitative estimate of drug-likeness (QED) is 0.0972. The molecule has 0 bridgehead atoms. The van der Waals surface area contributed by atoms with E-state index in [4.69, 9.17) is 4.74 Å². The molecule has 2 aliphatic heterocycles. The third-order valence-electron chi connectivity index (χ3n) is 11.1. The third-order valence-corrected chi connectivity index (χ3v) is 12.2. The Kier molecular flexibility index (Phi) is 12.0. The second kappa shape index (κ2) is 17.3. The molecule has 7 rings (SSSR count). The fourth-order valence-electron chi connectivity index (χ4n) is 7.72. The van der Waals surface area contributed by atoms with Crippen LogP contribution in [0.15, 0.2) is 95.8 Å². The van der Waals surface area contributed by atoms with Gasteiger partial charge in [-0.25, -0.2) is 4.79 Å². The number of ether oxygens (including phenoxy) is 1. The molecule has 0 aliphatic carbocycles. The van der Waals surface area contributed by atoms with Crippen LogP contribution >= 0.6 is 11.3 Å². The molecule has 57 heavy (non-hydrogen) atoms. The van der Waals surface area contributed by atoms with Crippen molar-refractivity contribution >= 4 is 40.0 Å². The van der Waals surface area contributed by atoms with Crippen LogP contribution in [0.4, 0.5) is 0 Å². The van der Waals surface area contributed by atoms with Crippen molar-refractivity contribution in [2.24, 2.45) is 11.8 Å². The zero-order valence-corrected chi connectivity index (χ0v) is 32.1. The molecular weight excluding hydrogens is 749 g/mol. The smallest absolute Gasteiger partial charge is 0.345 e. The number of hydrogen-bond donors (Lipinski definition) is 6. The molecule has 6 N–H and O–H groups in total. The number of nitrogens with zero attached hydrogens (tertiary/aromatic N) is 2. The number of aliphatic hydroxyl groups excluding tert-OH is 1. The van der Waals surface area contributed by atoms with Gasteiger partial charge < -0.3 is 45.3 Å². The van der Waals surface area contributed by atoms with E-state index in [1.165, 1.54) is 23.5 Å². The summed E-state index contributed by atoms with van der Waals surface area (Å²) in [4.78, 5) is 58.1. The minimum absolute atomic E-state index is 0.0552. The number of piperidine rings is 2. The van der Waals surface area contributed by atoms with Gasteiger partial charge in [0.2, 0.25) is 11.2 Å². The average molecular weight is 795 g/mol. The first-order chi connectivity index (χ1) is 27.5. The van der Waals surface area contributed by atoms with Crippen LogP contribution < -0.4 is 15.6 Å². The molecule has 2 amide bonds. The van der Waals surface area contributed by atoms with Crippen LogP contribution in [0.25, 0.3) is 10.9 Å². The Bertz CT molecular complexity index is 2280. The Morgan fingerprint density at radius 3 is 2.11 bits per heavy atom. The number of benzene rings is 3. The Morgan fingerprint density at radius 1 is 0.825 bits per heavy atom. The van der Waals surface area contributed by atoms with Gasteiger partial charge in [0.25, 0.3) is 11.8 Å². The molecule has 0 spiro atoms. The Morgan fingerprint density at radius 2 is 1.46 bits per heavy atom. The summed E-state index contributed by atoms with van der Waals surface area (Å²) >= 11 is 1.22. The monoisotopic (exact) mass is 794 g/mol. The number of hydrogen-bond acceptors (Lipinski definition) is 10. The number of carboxylic acids is 1. The minimum atomic E-state index is -2.22. The van der Waals surface area contributed by atoms with E-state index in [1.807, 2.05) is 9.80 Å². The third kappa shape index (κ3) is 8.74. The number of likely N-dealkylation sites (tertiary alicyclic amines) is 2. The number of aromatic nitrogens is 1. The average Bonchev–Trinajstić information content (AvgIpc) is 3.74. The molecule has 2 aromatic heterocycles. The number of phenolic OH excluding ortho intramolecular Hbond substituents is 1. The van der Waals surface area contributed by atoms with Gasteiger partial charge in [-0.1, -0.05) is 48.5 Å². The molecule has 2 atom stereocenters. The van der Waals surface area contributed by atoms with Crippen LogP contribution in [0.5, 0.6) is 11.5 Å². The number of fused-ring (bicyclic) bond motifs is 1. The summed E-state index contributed by atoms with van der Waals surface area (Å²) in [5, 5.41) is 46.1. The highest BCUT2D eigenvalue weighted by Gasteiger charge is 2.40. The number of aliphatic carboxylic acids is 1. The van der Waals surface area contributed by atoms with E-state index in [0.29, 0.717) is 83.8 Å². The van der Waals surface area contributed by atoms with Gasteiger partial charge in [-0.2, -0.15) is 0 Å². The number of phenols is 1. The lowest BCUT2D eigenvalue weighted by Gasteiger charge is -2.32. The van der Waals surface area contributed by atoms with E-state index in [9.17, 15) is 39.6 Å². The van der Waals surface area contributed by atoms with Crippen molar-refractivity contribution in [2.45, 2.75) is 37.4 Å². The Labute approximate surface area is 333 Å². The number of carbonyl (C=O) groups is 3. The predicted molar refractivity (Wildman–Crippen MR) is 215 cm³/mol. The molecule has 4 heterocycles. The van der Waals surface area contributed by atoms with Crippen LogP contribution in [-0.4, -0.2) is 98.9 Å². The topological polar surface area (TPSA) is 193 Å². The number of carbonyl (C=O) groups excluding carboxylic acids is 2. The number of thiophene rings is 1. The normalized spacial score (nSPS) is 16.9. The Hall–Kier alpha value is -5.54. The molecule has 0 saturated carbocycles. The number of H-pyrrole nitrogens is 1. The number of aliphatic hydroxyl groups is 2. The summed E-state index contributed by atoms with van der Waals surface area (Å²) in [7, 11) is 0. The molecule has 298 valence electrons. The summed E-state index contributed by atoms with van der Waals surface area (Å²) < 4.78 is 6.06. The molecule has 5 aromatic rings. The summed E-state index contributed by atoms with van der Waals surface area (Å²) in [5.41, 5.74) is -1.21. The summed E-state index contributed by atoms with van der Waals surface area (Å²) in [5.74, 6) is -0.653. The van der Waals surface area contributed by atoms with Crippen molar-refractivity contribution in [3.63, 3.8) is 0 Å². The fraction of sp³-hybridized carbons (Fsp3) is 0.349. The van der Waals surface area contributed by atoms with Crippen LogP contribution in [0.2, 0.25) is 0 Å². The van der Waals surface area contributed by atoms with Crippen LogP contribution in [-0.2, 0) is 10.4 Å². The molecule has 14 heteroatoms. The molecule has 0 radical (unpaired) electrons. The molecule has 2 fully saturated rings. The van der Waals surface area contributed by atoms with Gasteiger partial charge in [0.15, 0.2) is 0 Å². The summed E-state index contributed by atoms with van der Waals surface area (Å²) in [6.45, 7) is 3.64. The lowest BCUT2D eigenvalue weighted by atomic mass is 9.86. The van der Waals surface area contributed by atoms with Crippen LogP contribution in [0.3, 0.4) is 0 Å². The van der Waals surface area contributed by atoms with E-state index in [2.05, 4.69) is 10.3 Å². The molecular formula is C43H46N4O9S. The predicted octanol–water partition coefficient (Wildman–Crippen LogP) is 4.72. The van der Waals surface area contributed by atoms with Gasteiger partial charge in [-0.3, -0.25) is 14.4 Å². The molecule has 2 aliphatic rings. The SMILES string of the molecule is O=C(c1ccc(C(=O)N2CCC(COc3cccc([C@](O)(C(=O)O)c4ccccc4)c3)CC2)s1)N1CCC(CNC[C@H](O)c2ccc(O)c3[nH]c(=O)ccc23)CC1. The van der Waals surface area contributed by atoms with Gasteiger partial charge in [0.05, 0.1) is 28.0 Å². The van der Waals surface area contributed by atoms with Crippen molar-refractivity contribution in [1.29, 1.82) is 0 Å². The second-order valence-electron chi connectivity index (χ2n) is 14.8. The second-order valence-corrected chi connectivity index (χ2v) is 15.9. The molecule has 3 aromatic carbocycles. The van der Waals surface area contributed by atoms with E-state index in [1.54, 1.807) is 78.9 Å². The number of amides is 2. The van der Waals surface area contributed by atoms with E-state index >= 15 is 0 Å². The minimum Gasteiger partial charge on any atom is -0.506 e. The maximum absolute atomic E-state index is 13.4. The fourth-order valence-corrected chi connectivity index (χ4v) is 8.67. The van der Waals surface area contributed by atoms with Crippen molar-refractivity contribution < 1.29 is 39.5 Å². The van der Waals surface area contributed by atoms with Crippen molar-refractivity contribution in [3.05, 3.63) is 128 Å². The zero-order valence-electron chi connectivity index (χ0n) is 31.3. The highest BCUT2D eigenvalue weighted by molar-refractivity contribution is 7.15. The van der Waals surface area contributed by atoms with Crippen molar-refractivity contribution in [1.82, 2.24) is 20.1 Å². The van der Waals surface area contributed by atoms with Crippen molar-refractivity contribution in [3.8, 4) is 11.5 Å². The Balaban J connectivity index is 0.843. The first-order valence-corrected chi connectivity index (χ1v) is 20.0.